The number of hydrogen-bond donors (Lipinski definition) is 4. The fourth-order valence-corrected chi connectivity index (χ4v) is 4.06. The number of anilines is 3. The summed E-state index contributed by atoms with van der Waals surface area (Å²) in [6.45, 7) is 0.670. The van der Waals surface area contributed by atoms with Crippen molar-refractivity contribution < 1.29 is 33.3 Å². The van der Waals surface area contributed by atoms with Gasteiger partial charge in [0.25, 0.3) is 11.8 Å². The van der Waals surface area contributed by atoms with Gasteiger partial charge in [0.15, 0.2) is 11.6 Å². The van der Waals surface area contributed by atoms with Crippen molar-refractivity contribution in [2.24, 2.45) is 0 Å². The lowest BCUT2D eigenvalue weighted by molar-refractivity contribution is 0.0520. The van der Waals surface area contributed by atoms with Crippen molar-refractivity contribution >= 4 is 29.3 Å². The van der Waals surface area contributed by atoms with E-state index in [0.29, 0.717) is 25.2 Å². The van der Waals surface area contributed by atoms with Crippen molar-refractivity contribution in [3.8, 4) is 5.88 Å². The number of aromatic nitrogens is 3. The van der Waals surface area contributed by atoms with Crippen LogP contribution in [-0.2, 0) is 0 Å². The Morgan fingerprint density at radius 2 is 2.09 bits per heavy atom. The van der Waals surface area contributed by atoms with Crippen LogP contribution in [0.1, 0.15) is 23.3 Å². The number of urea groups is 1. The van der Waals surface area contributed by atoms with E-state index in [1.54, 1.807) is 6.07 Å². The first-order chi connectivity index (χ1) is 16.7. The van der Waals surface area contributed by atoms with Gasteiger partial charge in [0.2, 0.25) is 5.88 Å². The van der Waals surface area contributed by atoms with Crippen molar-refractivity contribution in [1.82, 2.24) is 20.3 Å². The molecule has 1 saturated carbocycles. The number of aliphatic hydroxyl groups is 2. The van der Waals surface area contributed by atoms with Crippen LogP contribution in [0.15, 0.2) is 24.5 Å². The summed E-state index contributed by atoms with van der Waals surface area (Å²) in [5, 5.41) is 23.1. The number of rotatable bonds is 7. The number of carbonyl (C=O) groups is 2. The lowest BCUT2D eigenvalue weighted by atomic mass is 10.1. The maximum atomic E-state index is 13.2. The van der Waals surface area contributed by atoms with Gasteiger partial charge in [-0.2, -0.15) is 0 Å². The molecule has 3 amide bonds. The summed E-state index contributed by atoms with van der Waals surface area (Å²) in [6.07, 6.45) is 1.76. The number of aliphatic hydroxyl groups excluding tert-OH is 2. The molecule has 4 heterocycles. The molecule has 0 radical (unpaired) electrons. The van der Waals surface area contributed by atoms with E-state index in [1.165, 1.54) is 23.4 Å². The molecule has 2 bridgehead atoms. The summed E-state index contributed by atoms with van der Waals surface area (Å²) >= 11 is 0. The molecule has 1 saturated heterocycles. The SMILES string of the molecule is O=C(NC1CC1(F)F)c1ccc2c(n1)N(C(=O)Nc1cnc(OC[C@H](O)CO)cn1)[C@H]1CCN2C1. The molecule has 2 aromatic heterocycles. The van der Waals surface area contributed by atoms with Crippen LogP contribution in [0.4, 0.5) is 30.9 Å². The molecule has 3 aliphatic rings. The third-order valence-electron chi connectivity index (χ3n) is 6.03. The lowest BCUT2D eigenvalue weighted by Gasteiger charge is -2.35. The topological polar surface area (TPSA) is 153 Å². The van der Waals surface area contributed by atoms with Crippen molar-refractivity contribution in [1.29, 1.82) is 0 Å². The minimum absolute atomic E-state index is 0.0573. The zero-order valence-electron chi connectivity index (χ0n) is 18.4. The summed E-state index contributed by atoms with van der Waals surface area (Å²) in [5.74, 6) is -3.13. The van der Waals surface area contributed by atoms with Crippen LogP contribution in [0.25, 0.3) is 0 Å². The molecule has 2 aliphatic heterocycles. The molecule has 3 atom stereocenters. The van der Waals surface area contributed by atoms with Crippen molar-refractivity contribution in [2.75, 3.05) is 41.4 Å². The number of alkyl halides is 2. The van der Waals surface area contributed by atoms with Gasteiger partial charge in [-0.05, 0) is 18.6 Å². The second kappa shape index (κ2) is 8.85. The van der Waals surface area contributed by atoms with Crippen molar-refractivity contribution in [3.63, 3.8) is 0 Å². The predicted octanol–water partition coefficient (Wildman–Crippen LogP) is 0.372. The van der Waals surface area contributed by atoms with Crippen LogP contribution in [0.3, 0.4) is 0 Å². The third-order valence-corrected chi connectivity index (χ3v) is 6.03. The van der Waals surface area contributed by atoms with Gasteiger partial charge in [-0.15, -0.1) is 0 Å². The molecular weight excluding hydrogens is 468 g/mol. The standard InChI is InChI=1S/C21H23F2N7O5/c22-21(23)5-15(21)27-19(33)13-1-2-14-18(26-13)30(11-3-4-29(14)8-11)20(34)28-16-6-25-17(7-24-16)35-10-12(32)9-31/h1-2,6-7,11-12,15,31-32H,3-5,8-10H2,(H,27,33)(H,24,28,34)/t11-,12+,15?/m0/s1. The average molecular weight is 491 g/mol. The molecule has 35 heavy (non-hydrogen) atoms. The third kappa shape index (κ3) is 4.66. The normalized spacial score (nSPS) is 22.3. The second-order valence-corrected chi connectivity index (χ2v) is 8.61. The molecule has 5 rings (SSSR count). The quantitative estimate of drug-likeness (QED) is 0.430. The lowest BCUT2D eigenvalue weighted by Crippen LogP contribution is -2.48. The zero-order valence-corrected chi connectivity index (χ0v) is 18.4. The van der Waals surface area contributed by atoms with Gasteiger partial charge in [-0.3, -0.25) is 15.0 Å². The van der Waals surface area contributed by atoms with Gasteiger partial charge in [0.05, 0.1) is 36.8 Å². The van der Waals surface area contributed by atoms with Gasteiger partial charge in [-0.1, -0.05) is 0 Å². The van der Waals surface area contributed by atoms with E-state index < -0.39 is 43.0 Å². The minimum atomic E-state index is -2.90. The maximum Gasteiger partial charge on any atom is 0.329 e. The Kier molecular flexibility index (Phi) is 5.84. The largest absolute Gasteiger partial charge is 0.474 e. The highest BCUT2D eigenvalue weighted by molar-refractivity contribution is 6.05. The number of fused-ring (bicyclic) bond motifs is 4. The Morgan fingerprint density at radius 1 is 1.29 bits per heavy atom. The summed E-state index contributed by atoms with van der Waals surface area (Å²) in [4.78, 5) is 41.6. The molecule has 2 fully saturated rings. The minimum Gasteiger partial charge on any atom is -0.474 e. The van der Waals surface area contributed by atoms with E-state index in [0.717, 1.165) is 0 Å². The molecule has 186 valence electrons. The fraction of sp³-hybridized carbons (Fsp3) is 0.476. The second-order valence-electron chi connectivity index (χ2n) is 8.61. The van der Waals surface area contributed by atoms with E-state index in [9.17, 15) is 23.5 Å². The highest BCUT2D eigenvalue weighted by Gasteiger charge is 2.58. The van der Waals surface area contributed by atoms with Crippen molar-refractivity contribution in [3.05, 3.63) is 30.2 Å². The fourth-order valence-electron chi connectivity index (χ4n) is 4.06. The highest BCUT2D eigenvalue weighted by atomic mass is 19.3. The van der Waals surface area contributed by atoms with E-state index in [-0.39, 0.29) is 35.9 Å². The average Bonchev–Trinajstić information content (AvgIpc) is 3.23. The van der Waals surface area contributed by atoms with E-state index >= 15 is 0 Å². The Balaban J connectivity index is 1.32. The van der Waals surface area contributed by atoms with E-state index in [2.05, 4.69) is 30.5 Å². The van der Waals surface area contributed by atoms with Crippen LogP contribution < -0.4 is 25.2 Å². The first-order valence-corrected chi connectivity index (χ1v) is 11.0. The zero-order chi connectivity index (χ0) is 24.7. The molecule has 1 aliphatic carbocycles. The maximum absolute atomic E-state index is 13.2. The smallest absolute Gasteiger partial charge is 0.329 e. The number of pyridine rings is 1. The number of hydrogen-bond acceptors (Lipinski definition) is 9. The van der Waals surface area contributed by atoms with Crippen LogP contribution in [-0.4, -0.2) is 87.5 Å². The molecule has 12 nitrogen and oxygen atoms in total. The monoisotopic (exact) mass is 491 g/mol. The van der Waals surface area contributed by atoms with Gasteiger partial charge in [0, 0.05) is 19.5 Å². The Morgan fingerprint density at radius 3 is 2.77 bits per heavy atom. The summed E-state index contributed by atoms with van der Waals surface area (Å²) in [6, 6.07) is 1.19. The van der Waals surface area contributed by atoms with Gasteiger partial charge < -0.3 is 25.2 Å². The van der Waals surface area contributed by atoms with Gasteiger partial charge in [0.1, 0.15) is 18.4 Å². The molecule has 14 heteroatoms. The molecule has 1 unspecified atom stereocenters. The van der Waals surface area contributed by atoms with Crippen molar-refractivity contribution in [2.45, 2.75) is 37.0 Å². The number of halogens is 2. The van der Waals surface area contributed by atoms with Crippen LogP contribution >= 0.6 is 0 Å². The first-order valence-electron chi connectivity index (χ1n) is 11.0. The van der Waals surface area contributed by atoms with E-state index in [4.69, 9.17) is 9.84 Å². The number of nitrogens with zero attached hydrogens (tertiary/aromatic N) is 5. The number of amides is 3. The van der Waals surface area contributed by atoms with E-state index in [1.807, 2.05) is 0 Å². The summed E-state index contributed by atoms with van der Waals surface area (Å²) in [7, 11) is 0. The molecular formula is C21H23F2N7O5. The Hall–Kier alpha value is -3.65. The molecule has 0 spiro atoms. The number of carbonyl (C=O) groups excluding carboxylic acids is 2. The predicted molar refractivity (Wildman–Crippen MR) is 118 cm³/mol. The van der Waals surface area contributed by atoms with Crippen LogP contribution in [0, 0.1) is 0 Å². The summed E-state index contributed by atoms with van der Waals surface area (Å²) < 4.78 is 31.6. The molecule has 4 N–H and O–H groups in total. The Bertz CT molecular complexity index is 1140. The molecule has 0 aromatic carbocycles. The van der Waals surface area contributed by atoms with Gasteiger partial charge >= 0.3 is 6.03 Å². The Labute approximate surface area is 197 Å². The number of nitrogens with one attached hydrogen (secondary N) is 2. The number of ether oxygens (including phenoxy) is 1. The van der Waals surface area contributed by atoms with Gasteiger partial charge in [-0.25, -0.2) is 28.5 Å². The first kappa shape index (κ1) is 23.1. The molecule has 2 aromatic rings. The van der Waals surface area contributed by atoms with Crippen LogP contribution in [0.2, 0.25) is 0 Å². The summed E-state index contributed by atoms with van der Waals surface area (Å²) in [5.41, 5.74) is 0.609. The highest BCUT2D eigenvalue weighted by Crippen LogP contribution is 2.42. The van der Waals surface area contributed by atoms with Crippen LogP contribution in [0.5, 0.6) is 5.88 Å².